The number of carbonyl (C=O) groups is 2. The quantitative estimate of drug-likeness (QED) is 0.677. The minimum Gasteiger partial charge on any atom is -0.373 e. The standard InChI is InChI=1S/C12H22N2O3/c1-9(13-3)10(15)12(2,17)11(16)14-7-5-4-6-8-14/h9,13,17H,4-8H2,1-3H3/t9-,12-/m0/s1. The van der Waals surface area contributed by atoms with Crippen LogP contribution in [0.5, 0.6) is 0 Å². The third-order valence-corrected chi connectivity index (χ3v) is 3.37. The second-order valence-corrected chi connectivity index (χ2v) is 4.80. The lowest BCUT2D eigenvalue weighted by molar-refractivity contribution is -0.159. The average Bonchev–Trinajstić information content (AvgIpc) is 2.36. The Balaban J connectivity index is 2.74. The van der Waals surface area contributed by atoms with E-state index in [-0.39, 0.29) is 0 Å². The first kappa shape index (κ1) is 14.1. The predicted molar refractivity (Wildman–Crippen MR) is 64.6 cm³/mol. The van der Waals surface area contributed by atoms with Crippen molar-refractivity contribution in [1.29, 1.82) is 0 Å². The fourth-order valence-corrected chi connectivity index (χ4v) is 2.06. The Kier molecular flexibility index (Phi) is 4.65. The summed E-state index contributed by atoms with van der Waals surface area (Å²) in [6.07, 6.45) is 2.99. The number of likely N-dealkylation sites (N-methyl/N-ethyl adjacent to an activating group) is 1. The molecule has 1 saturated heterocycles. The number of hydrogen-bond donors (Lipinski definition) is 2. The van der Waals surface area contributed by atoms with Gasteiger partial charge in [-0.25, -0.2) is 0 Å². The highest BCUT2D eigenvalue weighted by Crippen LogP contribution is 2.17. The van der Waals surface area contributed by atoms with Gasteiger partial charge >= 0.3 is 0 Å². The van der Waals surface area contributed by atoms with E-state index in [2.05, 4.69) is 5.32 Å². The van der Waals surface area contributed by atoms with Crippen LogP contribution in [0.4, 0.5) is 0 Å². The molecule has 1 aliphatic heterocycles. The summed E-state index contributed by atoms with van der Waals surface area (Å²) in [6.45, 7) is 4.20. The van der Waals surface area contributed by atoms with Crippen LogP contribution in [0.2, 0.25) is 0 Å². The Morgan fingerprint density at radius 1 is 1.29 bits per heavy atom. The van der Waals surface area contributed by atoms with E-state index in [9.17, 15) is 14.7 Å². The van der Waals surface area contributed by atoms with Crippen LogP contribution in [0.3, 0.4) is 0 Å². The van der Waals surface area contributed by atoms with Gasteiger partial charge in [0.05, 0.1) is 6.04 Å². The fraction of sp³-hybridized carbons (Fsp3) is 0.833. The molecule has 5 nitrogen and oxygen atoms in total. The molecule has 17 heavy (non-hydrogen) atoms. The maximum absolute atomic E-state index is 12.1. The molecule has 0 aromatic rings. The van der Waals surface area contributed by atoms with E-state index in [0.29, 0.717) is 13.1 Å². The zero-order valence-electron chi connectivity index (χ0n) is 10.8. The molecular weight excluding hydrogens is 220 g/mol. The molecule has 2 N–H and O–H groups in total. The van der Waals surface area contributed by atoms with E-state index in [0.717, 1.165) is 19.3 Å². The van der Waals surface area contributed by atoms with Crippen LogP contribution in [0.25, 0.3) is 0 Å². The molecule has 0 radical (unpaired) electrons. The molecule has 0 saturated carbocycles. The number of nitrogens with zero attached hydrogens (tertiary/aromatic N) is 1. The van der Waals surface area contributed by atoms with Crippen molar-refractivity contribution in [2.45, 2.75) is 44.8 Å². The van der Waals surface area contributed by atoms with Gasteiger partial charge < -0.3 is 15.3 Å². The van der Waals surface area contributed by atoms with Gasteiger partial charge in [0.25, 0.3) is 5.91 Å². The maximum atomic E-state index is 12.1. The van der Waals surface area contributed by atoms with Crippen molar-refractivity contribution in [3.05, 3.63) is 0 Å². The molecule has 0 aromatic carbocycles. The van der Waals surface area contributed by atoms with Gasteiger partial charge in [-0.2, -0.15) is 0 Å². The Bertz CT molecular complexity index is 296. The topological polar surface area (TPSA) is 69.6 Å². The third kappa shape index (κ3) is 3.04. The number of ketones is 1. The van der Waals surface area contributed by atoms with Crippen LogP contribution in [-0.4, -0.2) is 53.5 Å². The zero-order valence-corrected chi connectivity index (χ0v) is 10.8. The predicted octanol–water partition coefficient (Wildman–Crippen LogP) is -0.0731. The fourth-order valence-electron chi connectivity index (χ4n) is 2.06. The molecule has 1 aliphatic rings. The molecule has 1 fully saturated rings. The van der Waals surface area contributed by atoms with Gasteiger partial charge in [-0.05, 0) is 40.2 Å². The number of rotatable bonds is 4. The van der Waals surface area contributed by atoms with Crippen LogP contribution in [0, 0.1) is 0 Å². The SMILES string of the molecule is CN[C@@H](C)C(=O)[C@](C)(O)C(=O)N1CCCCC1. The van der Waals surface area contributed by atoms with Crippen molar-refractivity contribution in [2.24, 2.45) is 0 Å². The van der Waals surface area contributed by atoms with Crippen molar-refractivity contribution in [1.82, 2.24) is 10.2 Å². The summed E-state index contributed by atoms with van der Waals surface area (Å²) in [7, 11) is 1.63. The van der Waals surface area contributed by atoms with E-state index < -0.39 is 23.3 Å². The van der Waals surface area contributed by atoms with Crippen molar-refractivity contribution < 1.29 is 14.7 Å². The van der Waals surface area contributed by atoms with Crippen LogP contribution in [0.1, 0.15) is 33.1 Å². The van der Waals surface area contributed by atoms with Crippen molar-refractivity contribution in [3.63, 3.8) is 0 Å². The number of aliphatic hydroxyl groups is 1. The summed E-state index contributed by atoms with van der Waals surface area (Å²) in [6, 6.07) is -0.529. The lowest BCUT2D eigenvalue weighted by Crippen LogP contribution is -2.57. The van der Waals surface area contributed by atoms with Gasteiger partial charge in [0.15, 0.2) is 5.78 Å². The molecule has 0 aliphatic carbocycles. The highest BCUT2D eigenvalue weighted by molar-refractivity contribution is 6.10. The van der Waals surface area contributed by atoms with E-state index in [1.54, 1.807) is 18.9 Å². The first-order valence-electron chi connectivity index (χ1n) is 6.14. The molecular formula is C12H22N2O3. The van der Waals surface area contributed by atoms with Crippen molar-refractivity contribution >= 4 is 11.7 Å². The minimum atomic E-state index is -1.92. The van der Waals surface area contributed by atoms with Gasteiger partial charge in [0.2, 0.25) is 5.60 Å². The maximum Gasteiger partial charge on any atom is 0.262 e. The van der Waals surface area contributed by atoms with Gasteiger partial charge in [-0.3, -0.25) is 9.59 Å². The summed E-state index contributed by atoms with van der Waals surface area (Å²) in [4.78, 5) is 25.6. The lowest BCUT2D eigenvalue weighted by atomic mass is 9.93. The molecule has 2 atom stereocenters. The molecule has 1 amide bonds. The number of carbonyl (C=O) groups excluding carboxylic acids is 2. The lowest BCUT2D eigenvalue weighted by Gasteiger charge is -2.33. The largest absolute Gasteiger partial charge is 0.373 e. The Labute approximate surface area is 102 Å². The van der Waals surface area contributed by atoms with Crippen LogP contribution < -0.4 is 5.32 Å². The number of Topliss-reactive ketones (excluding diaryl/α,β-unsaturated/α-hetero) is 1. The first-order valence-corrected chi connectivity index (χ1v) is 6.14. The number of piperidine rings is 1. The van der Waals surface area contributed by atoms with E-state index in [1.165, 1.54) is 6.92 Å². The van der Waals surface area contributed by atoms with Crippen LogP contribution in [0.15, 0.2) is 0 Å². The number of likely N-dealkylation sites (tertiary alicyclic amines) is 1. The summed E-state index contributed by atoms with van der Waals surface area (Å²) in [5, 5.41) is 12.9. The molecule has 98 valence electrons. The minimum absolute atomic E-state index is 0.468. The summed E-state index contributed by atoms with van der Waals surface area (Å²) in [5.41, 5.74) is -1.92. The smallest absolute Gasteiger partial charge is 0.262 e. The van der Waals surface area contributed by atoms with Gasteiger partial charge in [-0.1, -0.05) is 0 Å². The van der Waals surface area contributed by atoms with E-state index in [4.69, 9.17) is 0 Å². The molecule has 1 heterocycles. The van der Waals surface area contributed by atoms with Gasteiger partial charge in [-0.15, -0.1) is 0 Å². The molecule has 0 unspecified atom stereocenters. The Hall–Kier alpha value is -0.940. The summed E-state index contributed by atoms with van der Waals surface area (Å²) in [5.74, 6) is -0.945. The molecule has 1 rings (SSSR count). The first-order chi connectivity index (χ1) is 7.91. The summed E-state index contributed by atoms with van der Waals surface area (Å²) < 4.78 is 0. The number of hydrogen-bond acceptors (Lipinski definition) is 4. The van der Waals surface area contributed by atoms with E-state index in [1.807, 2.05) is 0 Å². The van der Waals surface area contributed by atoms with Crippen molar-refractivity contribution in [2.75, 3.05) is 20.1 Å². The molecule has 0 aromatic heterocycles. The van der Waals surface area contributed by atoms with Crippen LogP contribution >= 0.6 is 0 Å². The normalized spacial score (nSPS) is 21.8. The van der Waals surface area contributed by atoms with E-state index >= 15 is 0 Å². The second-order valence-electron chi connectivity index (χ2n) is 4.80. The Morgan fingerprint density at radius 2 is 1.82 bits per heavy atom. The summed E-state index contributed by atoms with van der Waals surface area (Å²) >= 11 is 0. The number of nitrogens with one attached hydrogen (secondary N) is 1. The molecule has 5 heteroatoms. The highest BCUT2D eigenvalue weighted by Gasteiger charge is 2.43. The monoisotopic (exact) mass is 242 g/mol. The van der Waals surface area contributed by atoms with Crippen LogP contribution in [-0.2, 0) is 9.59 Å². The van der Waals surface area contributed by atoms with Crippen molar-refractivity contribution in [3.8, 4) is 0 Å². The van der Waals surface area contributed by atoms with Gasteiger partial charge in [0, 0.05) is 13.1 Å². The zero-order chi connectivity index (χ0) is 13.1. The molecule has 0 spiro atoms. The average molecular weight is 242 g/mol. The van der Waals surface area contributed by atoms with Gasteiger partial charge in [0.1, 0.15) is 0 Å². The highest BCUT2D eigenvalue weighted by atomic mass is 16.3. The Morgan fingerprint density at radius 3 is 2.29 bits per heavy atom. The third-order valence-electron chi connectivity index (χ3n) is 3.37. The number of amides is 1. The molecule has 0 bridgehead atoms. The second kappa shape index (κ2) is 5.60.